The summed E-state index contributed by atoms with van der Waals surface area (Å²) < 4.78 is 11.1. The summed E-state index contributed by atoms with van der Waals surface area (Å²) >= 11 is 0. The lowest BCUT2D eigenvalue weighted by atomic mass is 9.76. The quantitative estimate of drug-likeness (QED) is 0.852. The van der Waals surface area contributed by atoms with Gasteiger partial charge >= 0.3 is 0 Å². The third-order valence-electron chi connectivity index (χ3n) is 3.27. The van der Waals surface area contributed by atoms with Crippen LogP contribution in [0.5, 0.6) is 0 Å². The van der Waals surface area contributed by atoms with Crippen LogP contribution in [0.2, 0.25) is 0 Å². The van der Waals surface area contributed by atoms with Gasteiger partial charge in [-0.05, 0) is 45.7 Å². The Morgan fingerprint density at radius 2 is 2.06 bits per heavy atom. The van der Waals surface area contributed by atoms with Crippen LogP contribution in [-0.4, -0.2) is 18.8 Å². The van der Waals surface area contributed by atoms with Crippen molar-refractivity contribution in [3.05, 3.63) is 23.7 Å². The molecule has 1 saturated heterocycles. The molecule has 2 N–H and O–H groups in total. The molecule has 0 amide bonds. The van der Waals surface area contributed by atoms with Gasteiger partial charge in [0.25, 0.3) is 0 Å². The lowest BCUT2D eigenvalue weighted by Gasteiger charge is -2.41. The van der Waals surface area contributed by atoms with Crippen LogP contribution >= 0.6 is 0 Å². The Balaban J connectivity index is 2.08. The topological polar surface area (TPSA) is 48.4 Å². The molecule has 1 aliphatic heterocycles. The third-order valence-corrected chi connectivity index (χ3v) is 3.27. The maximum atomic E-state index is 6.03. The van der Waals surface area contributed by atoms with E-state index < -0.39 is 0 Å². The highest BCUT2D eigenvalue weighted by molar-refractivity contribution is 5.20. The molecular weight excluding hydrogens is 202 g/mol. The average molecular weight is 223 g/mol. The van der Waals surface area contributed by atoms with Crippen LogP contribution in [0, 0.1) is 6.92 Å². The van der Waals surface area contributed by atoms with E-state index in [-0.39, 0.29) is 11.0 Å². The van der Waals surface area contributed by atoms with Gasteiger partial charge in [0.2, 0.25) is 0 Å². The number of hydrogen-bond acceptors (Lipinski definition) is 3. The highest BCUT2D eigenvalue weighted by atomic mass is 16.5. The van der Waals surface area contributed by atoms with E-state index in [2.05, 4.69) is 19.9 Å². The van der Waals surface area contributed by atoms with Crippen molar-refractivity contribution in [1.82, 2.24) is 0 Å². The maximum absolute atomic E-state index is 6.03. The Kier molecular flexibility index (Phi) is 2.84. The summed E-state index contributed by atoms with van der Waals surface area (Å²) in [7, 11) is 0. The van der Waals surface area contributed by atoms with Crippen LogP contribution in [-0.2, 0) is 10.2 Å². The molecule has 90 valence electrons. The van der Waals surface area contributed by atoms with Gasteiger partial charge in [0, 0.05) is 5.54 Å². The molecule has 2 heterocycles. The number of furan rings is 1. The smallest absolute Gasteiger partial charge is 0.114 e. The Morgan fingerprint density at radius 1 is 1.38 bits per heavy atom. The summed E-state index contributed by atoms with van der Waals surface area (Å²) in [5, 5.41) is 0. The van der Waals surface area contributed by atoms with Crippen molar-refractivity contribution < 1.29 is 9.15 Å². The van der Waals surface area contributed by atoms with Gasteiger partial charge in [-0.2, -0.15) is 0 Å². The summed E-state index contributed by atoms with van der Waals surface area (Å²) in [6, 6.07) is 4.09. The van der Waals surface area contributed by atoms with E-state index in [1.807, 2.05) is 13.0 Å². The minimum atomic E-state index is -0.121. The molecule has 3 heteroatoms. The van der Waals surface area contributed by atoms with Gasteiger partial charge in [0.15, 0.2) is 0 Å². The summed E-state index contributed by atoms with van der Waals surface area (Å²) in [6.45, 7) is 7.62. The van der Waals surface area contributed by atoms with Crippen LogP contribution < -0.4 is 5.73 Å². The van der Waals surface area contributed by atoms with Crippen molar-refractivity contribution in [2.75, 3.05) is 13.2 Å². The largest absolute Gasteiger partial charge is 0.466 e. The number of rotatable bonds is 4. The van der Waals surface area contributed by atoms with Crippen molar-refractivity contribution in [3.63, 3.8) is 0 Å². The van der Waals surface area contributed by atoms with E-state index in [0.717, 1.165) is 37.6 Å². The summed E-state index contributed by atoms with van der Waals surface area (Å²) in [6.07, 6.45) is 2.01. The van der Waals surface area contributed by atoms with Crippen molar-refractivity contribution in [2.45, 2.75) is 44.6 Å². The van der Waals surface area contributed by atoms with Gasteiger partial charge in [-0.3, -0.25) is 0 Å². The molecule has 2 rings (SSSR count). The highest BCUT2D eigenvalue weighted by Gasteiger charge is 2.43. The first-order valence-corrected chi connectivity index (χ1v) is 5.85. The fourth-order valence-electron chi connectivity index (χ4n) is 2.04. The normalized spacial score (nSPS) is 19.5. The van der Waals surface area contributed by atoms with E-state index in [4.69, 9.17) is 14.9 Å². The standard InChI is InChI=1S/C13H21NO2/c1-10-4-5-11(16-10)13(8-15-9-13)7-6-12(2,3)14/h4-5H,6-9,14H2,1-3H3. The molecule has 1 fully saturated rings. The molecule has 1 aromatic heterocycles. The monoisotopic (exact) mass is 223 g/mol. The van der Waals surface area contributed by atoms with E-state index in [9.17, 15) is 0 Å². The van der Waals surface area contributed by atoms with Gasteiger partial charge in [-0.1, -0.05) is 0 Å². The molecule has 0 bridgehead atoms. The number of aryl methyl sites for hydroxylation is 1. The molecule has 1 aromatic rings. The van der Waals surface area contributed by atoms with E-state index in [1.165, 1.54) is 0 Å². The fraction of sp³-hybridized carbons (Fsp3) is 0.692. The number of nitrogens with two attached hydrogens (primary N) is 1. The molecule has 0 saturated carbocycles. The second-order valence-electron chi connectivity index (χ2n) is 5.67. The fourth-order valence-corrected chi connectivity index (χ4v) is 2.04. The van der Waals surface area contributed by atoms with Crippen LogP contribution in [0.15, 0.2) is 16.5 Å². The van der Waals surface area contributed by atoms with Crippen molar-refractivity contribution in [3.8, 4) is 0 Å². The number of hydrogen-bond donors (Lipinski definition) is 1. The zero-order valence-electron chi connectivity index (χ0n) is 10.4. The molecule has 0 spiro atoms. The van der Waals surface area contributed by atoms with E-state index in [1.54, 1.807) is 0 Å². The Hall–Kier alpha value is -0.800. The Bertz CT molecular complexity index is 358. The van der Waals surface area contributed by atoms with Gasteiger partial charge < -0.3 is 14.9 Å². The third kappa shape index (κ3) is 2.30. The van der Waals surface area contributed by atoms with Crippen molar-refractivity contribution in [2.24, 2.45) is 5.73 Å². The zero-order chi connectivity index (χ0) is 11.8. The first kappa shape index (κ1) is 11.7. The first-order chi connectivity index (χ1) is 7.41. The van der Waals surface area contributed by atoms with Crippen LogP contribution in [0.3, 0.4) is 0 Å². The van der Waals surface area contributed by atoms with Crippen LogP contribution in [0.1, 0.15) is 38.2 Å². The average Bonchev–Trinajstić information content (AvgIpc) is 2.48. The number of ether oxygens (including phenoxy) is 1. The summed E-state index contributed by atoms with van der Waals surface area (Å²) in [5.41, 5.74) is 5.99. The molecule has 0 aromatic carbocycles. The SMILES string of the molecule is Cc1ccc(C2(CCC(C)(C)N)COC2)o1. The van der Waals surface area contributed by atoms with E-state index >= 15 is 0 Å². The molecular formula is C13H21NO2. The zero-order valence-corrected chi connectivity index (χ0v) is 10.4. The Labute approximate surface area is 97.0 Å². The van der Waals surface area contributed by atoms with Gasteiger partial charge in [-0.25, -0.2) is 0 Å². The second kappa shape index (κ2) is 3.90. The molecule has 3 nitrogen and oxygen atoms in total. The highest BCUT2D eigenvalue weighted by Crippen LogP contribution is 2.38. The molecule has 0 unspecified atom stereocenters. The van der Waals surface area contributed by atoms with Crippen molar-refractivity contribution in [1.29, 1.82) is 0 Å². The minimum Gasteiger partial charge on any atom is -0.466 e. The van der Waals surface area contributed by atoms with Crippen LogP contribution in [0.25, 0.3) is 0 Å². The minimum absolute atomic E-state index is 0.0743. The van der Waals surface area contributed by atoms with Crippen molar-refractivity contribution >= 4 is 0 Å². The van der Waals surface area contributed by atoms with Crippen LogP contribution in [0.4, 0.5) is 0 Å². The van der Waals surface area contributed by atoms with Gasteiger partial charge in [0.1, 0.15) is 11.5 Å². The predicted molar refractivity (Wildman–Crippen MR) is 63.4 cm³/mol. The predicted octanol–water partition coefficient (Wildman–Crippen LogP) is 2.37. The molecule has 0 atom stereocenters. The molecule has 1 aliphatic rings. The lowest BCUT2D eigenvalue weighted by molar-refractivity contribution is -0.0769. The maximum Gasteiger partial charge on any atom is 0.114 e. The van der Waals surface area contributed by atoms with E-state index in [0.29, 0.717) is 0 Å². The molecule has 0 radical (unpaired) electrons. The lowest BCUT2D eigenvalue weighted by Crippen LogP contribution is -2.48. The second-order valence-corrected chi connectivity index (χ2v) is 5.67. The van der Waals surface area contributed by atoms with Gasteiger partial charge in [-0.15, -0.1) is 0 Å². The first-order valence-electron chi connectivity index (χ1n) is 5.85. The molecule has 0 aliphatic carbocycles. The molecule has 16 heavy (non-hydrogen) atoms. The Morgan fingerprint density at radius 3 is 2.44 bits per heavy atom. The van der Waals surface area contributed by atoms with Gasteiger partial charge in [0.05, 0.1) is 18.6 Å². The summed E-state index contributed by atoms with van der Waals surface area (Å²) in [5.74, 6) is 2.02. The summed E-state index contributed by atoms with van der Waals surface area (Å²) in [4.78, 5) is 0.